The number of aryl methyl sites for hydroxylation is 1. The number of rotatable bonds is 7. The number of amides is 1. The van der Waals surface area contributed by atoms with Crippen LogP contribution in [0.5, 0.6) is 17.4 Å². The molecule has 3 heterocycles. The maximum atomic E-state index is 11.6. The lowest BCUT2D eigenvalue weighted by Gasteiger charge is -2.13. The highest BCUT2D eigenvalue weighted by Gasteiger charge is 2.20. The molecule has 184 valence electrons. The van der Waals surface area contributed by atoms with Gasteiger partial charge in [0.25, 0.3) is 0 Å². The predicted octanol–water partition coefficient (Wildman–Crippen LogP) is 4.69. The Kier molecular flexibility index (Phi) is 6.21. The van der Waals surface area contributed by atoms with E-state index in [4.69, 9.17) is 15.2 Å². The summed E-state index contributed by atoms with van der Waals surface area (Å²) in [6.45, 7) is 5.37. The number of nitrogen functional groups attached to an aromatic ring is 1. The van der Waals surface area contributed by atoms with Gasteiger partial charge in [-0.05, 0) is 61.5 Å². The highest BCUT2D eigenvalue weighted by molar-refractivity contribution is 6.00. The molecule has 0 aliphatic rings. The molecule has 0 aliphatic carbocycles. The van der Waals surface area contributed by atoms with Crippen LogP contribution >= 0.6 is 0 Å². The second-order valence-electron chi connectivity index (χ2n) is 8.04. The minimum atomic E-state index is -0.295. The first-order valence-corrected chi connectivity index (χ1v) is 11.3. The quantitative estimate of drug-likeness (QED) is 0.312. The molecule has 5 aromatic rings. The van der Waals surface area contributed by atoms with Crippen molar-refractivity contribution in [1.82, 2.24) is 24.7 Å². The van der Waals surface area contributed by atoms with Crippen molar-refractivity contribution >= 4 is 28.4 Å². The van der Waals surface area contributed by atoms with Gasteiger partial charge >= 0.3 is 0 Å². The molecule has 0 aliphatic heterocycles. The SMILES string of the molecule is C=CC(=O)Nc1ccc(-n2nc3ncnc(N)c3c2-c2ccc(Oc3cccc(C)n3)c(OC)c2)cc1. The zero-order chi connectivity index (χ0) is 25.9. The van der Waals surface area contributed by atoms with Crippen molar-refractivity contribution in [3.63, 3.8) is 0 Å². The number of carbonyl (C=O) groups is 1. The van der Waals surface area contributed by atoms with Crippen LogP contribution in [0.4, 0.5) is 11.5 Å². The first-order valence-electron chi connectivity index (χ1n) is 11.3. The van der Waals surface area contributed by atoms with E-state index in [9.17, 15) is 4.79 Å². The number of nitrogens with two attached hydrogens (primary N) is 1. The number of nitrogens with one attached hydrogen (secondary N) is 1. The Hall–Kier alpha value is -5.25. The topological polar surface area (TPSA) is 130 Å². The van der Waals surface area contributed by atoms with Crippen molar-refractivity contribution in [1.29, 1.82) is 0 Å². The molecule has 10 nitrogen and oxygen atoms in total. The molecule has 0 fully saturated rings. The van der Waals surface area contributed by atoms with Crippen LogP contribution in [0, 0.1) is 6.92 Å². The van der Waals surface area contributed by atoms with Crippen molar-refractivity contribution in [2.24, 2.45) is 0 Å². The first kappa shape index (κ1) is 23.5. The normalized spacial score (nSPS) is 10.8. The molecule has 0 radical (unpaired) electrons. The van der Waals surface area contributed by atoms with Crippen LogP contribution in [0.15, 0.2) is 79.6 Å². The summed E-state index contributed by atoms with van der Waals surface area (Å²) >= 11 is 0. The Labute approximate surface area is 212 Å². The fourth-order valence-electron chi connectivity index (χ4n) is 3.86. The lowest BCUT2D eigenvalue weighted by atomic mass is 10.1. The second-order valence-corrected chi connectivity index (χ2v) is 8.04. The van der Waals surface area contributed by atoms with E-state index < -0.39 is 0 Å². The Balaban J connectivity index is 1.61. The van der Waals surface area contributed by atoms with Crippen LogP contribution < -0.4 is 20.5 Å². The van der Waals surface area contributed by atoms with Crippen molar-refractivity contribution in [3.8, 4) is 34.3 Å². The lowest BCUT2D eigenvalue weighted by molar-refractivity contribution is -0.111. The minimum absolute atomic E-state index is 0.295. The number of fused-ring (bicyclic) bond motifs is 1. The summed E-state index contributed by atoms with van der Waals surface area (Å²) in [5.41, 5.74) is 10.3. The summed E-state index contributed by atoms with van der Waals surface area (Å²) in [7, 11) is 1.57. The molecule has 10 heteroatoms. The number of aromatic nitrogens is 5. The van der Waals surface area contributed by atoms with E-state index >= 15 is 0 Å². The number of hydrogen-bond donors (Lipinski definition) is 2. The van der Waals surface area contributed by atoms with Gasteiger partial charge in [0.2, 0.25) is 11.8 Å². The Morgan fingerprint density at radius 3 is 2.62 bits per heavy atom. The summed E-state index contributed by atoms with van der Waals surface area (Å²) < 4.78 is 13.4. The van der Waals surface area contributed by atoms with Gasteiger partial charge in [-0.25, -0.2) is 19.6 Å². The van der Waals surface area contributed by atoms with Crippen LogP contribution in [0.1, 0.15) is 5.69 Å². The van der Waals surface area contributed by atoms with Gasteiger partial charge in [0.1, 0.15) is 12.1 Å². The van der Waals surface area contributed by atoms with Crippen LogP contribution in [-0.2, 0) is 4.79 Å². The highest BCUT2D eigenvalue weighted by Crippen LogP contribution is 2.39. The van der Waals surface area contributed by atoms with Gasteiger partial charge in [-0.2, -0.15) is 0 Å². The number of hydrogen-bond acceptors (Lipinski definition) is 8. The van der Waals surface area contributed by atoms with E-state index in [0.29, 0.717) is 45.6 Å². The molecule has 3 aromatic heterocycles. The third kappa shape index (κ3) is 4.67. The fourth-order valence-corrected chi connectivity index (χ4v) is 3.86. The molecule has 2 aromatic carbocycles. The van der Waals surface area contributed by atoms with Gasteiger partial charge in [0, 0.05) is 23.0 Å². The summed E-state index contributed by atoms with van der Waals surface area (Å²) in [6, 6.07) is 18.3. The number of benzene rings is 2. The molecular weight excluding hydrogens is 470 g/mol. The average Bonchev–Trinajstić information content (AvgIpc) is 3.30. The Bertz CT molecular complexity index is 1630. The van der Waals surface area contributed by atoms with E-state index in [1.165, 1.54) is 12.4 Å². The largest absolute Gasteiger partial charge is 0.493 e. The number of carbonyl (C=O) groups excluding carboxylic acids is 1. The summed E-state index contributed by atoms with van der Waals surface area (Å²) in [6.07, 6.45) is 2.59. The van der Waals surface area contributed by atoms with Gasteiger partial charge < -0.3 is 20.5 Å². The van der Waals surface area contributed by atoms with E-state index in [2.05, 4.69) is 31.9 Å². The van der Waals surface area contributed by atoms with Gasteiger partial charge in [0.15, 0.2) is 17.1 Å². The maximum absolute atomic E-state index is 11.6. The number of methoxy groups -OCH3 is 1. The van der Waals surface area contributed by atoms with Crippen LogP contribution in [-0.4, -0.2) is 37.7 Å². The predicted molar refractivity (Wildman–Crippen MR) is 141 cm³/mol. The lowest BCUT2D eigenvalue weighted by Crippen LogP contribution is -2.07. The van der Waals surface area contributed by atoms with Gasteiger partial charge in [-0.15, -0.1) is 5.10 Å². The highest BCUT2D eigenvalue weighted by atomic mass is 16.5. The van der Waals surface area contributed by atoms with Gasteiger partial charge in [0.05, 0.1) is 23.9 Å². The molecule has 1 amide bonds. The van der Waals surface area contributed by atoms with Crippen molar-refractivity contribution in [2.45, 2.75) is 6.92 Å². The number of anilines is 2. The molecule has 37 heavy (non-hydrogen) atoms. The standard InChI is InChI=1S/C27H23N7O3/c1-4-22(35)32-18-9-11-19(12-10-18)34-25(24-26(28)29-15-30-27(24)33-34)17-8-13-20(21(14-17)36-3)37-23-7-5-6-16(2)31-23/h4-15H,1H2,2-3H3,(H,32,35)(H2,28,29,30,33). The van der Waals surface area contributed by atoms with E-state index in [-0.39, 0.29) is 5.91 Å². The molecular formula is C27H23N7O3. The van der Waals surface area contributed by atoms with Crippen LogP contribution in [0.3, 0.4) is 0 Å². The molecule has 0 saturated carbocycles. The van der Waals surface area contributed by atoms with Crippen molar-refractivity contribution < 1.29 is 14.3 Å². The fraction of sp³-hybridized carbons (Fsp3) is 0.0741. The monoisotopic (exact) mass is 493 g/mol. The molecule has 3 N–H and O–H groups in total. The molecule has 0 atom stereocenters. The zero-order valence-corrected chi connectivity index (χ0v) is 20.2. The molecule has 0 bridgehead atoms. The number of ether oxygens (including phenoxy) is 2. The maximum Gasteiger partial charge on any atom is 0.247 e. The van der Waals surface area contributed by atoms with Gasteiger partial charge in [-0.3, -0.25) is 4.79 Å². The molecule has 5 rings (SSSR count). The zero-order valence-electron chi connectivity index (χ0n) is 20.2. The Morgan fingerprint density at radius 1 is 1.08 bits per heavy atom. The third-order valence-electron chi connectivity index (χ3n) is 5.58. The molecule has 0 unspecified atom stereocenters. The Morgan fingerprint density at radius 2 is 1.89 bits per heavy atom. The van der Waals surface area contributed by atoms with Crippen molar-refractivity contribution in [2.75, 3.05) is 18.2 Å². The molecule has 0 spiro atoms. The van der Waals surface area contributed by atoms with Gasteiger partial charge in [-0.1, -0.05) is 12.6 Å². The summed E-state index contributed by atoms with van der Waals surface area (Å²) in [4.78, 5) is 24.5. The smallest absolute Gasteiger partial charge is 0.247 e. The summed E-state index contributed by atoms with van der Waals surface area (Å²) in [5.74, 6) is 1.47. The van der Waals surface area contributed by atoms with E-state index in [0.717, 1.165) is 16.9 Å². The van der Waals surface area contributed by atoms with Crippen LogP contribution in [0.25, 0.3) is 28.0 Å². The molecule has 0 saturated heterocycles. The first-order chi connectivity index (χ1) is 18.0. The van der Waals surface area contributed by atoms with Crippen LogP contribution in [0.2, 0.25) is 0 Å². The average molecular weight is 494 g/mol. The third-order valence-corrected chi connectivity index (χ3v) is 5.58. The number of nitrogens with zero attached hydrogens (tertiary/aromatic N) is 5. The van der Waals surface area contributed by atoms with E-state index in [1.54, 1.807) is 36.1 Å². The summed E-state index contributed by atoms with van der Waals surface area (Å²) in [5, 5.41) is 8.01. The van der Waals surface area contributed by atoms with E-state index in [1.807, 2.05) is 43.3 Å². The van der Waals surface area contributed by atoms with Crippen molar-refractivity contribution in [3.05, 3.63) is 85.3 Å². The second kappa shape index (κ2) is 9.78. The number of pyridine rings is 1. The minimum Gasteiger partial charge on any atom is -0.493 e.